The van der Waals surface area contributed by atoms with Gasteiger partial charge in [-0.3, -0.25) is 24.1 Å². The SMILES string of the molecule is N[C@@H](Cc1ccc(O)cc1)C(=O)N[C@@H](Cc1ccccc1)C(=O)N(C(=O)C1Cc2ccccc2CN1)[C@@H](Cc1ccc(NC(=O)CBr)cc1)C(=O)O. The van der Waals surface area contributed by atoms with Crippen molar-refractivity contribution in [2.45, 2.75) is 56.4 Å². The molecule has 0 aliphatic carbocycles. The number of rotatable bonds is 14. The zero-order valence-electron chi connectivity index (χ0n) is 28.2. The highest BCUT2D eigenvalue weighted by molar-refractivity contribution is 9.09. The summed E-state index contributed by atoms with van der Waals surface area (Å²) in [5.41, 5.74) is 10.5. The first kappa shape index (κ1) is 37.9. The fraction of sp³-hybridized carbons (Fsp3) is 0.256. The quantitative estimate of drug-likeness (QED) is 0.105. The Kier molecular flexibility index (Phi) is 12.9. The third-order valence-electron chi connectivity index (χ3n) is 8.87. The molecule has 52 heavy (non-hydrogen) atoms. The van der Waals surface area contributed by atoms with E-state index in [2.05, 4.69) is 31.9 Å². The van der Waals surface area contributed by atoms with Crippen LogP contribution >= 0.6 is 15.9 Å². The van der Waals surface area contributed by atoms with Gasteiger partial charge in [0.05, 0.1) is 17.4 Å². The molecule has 270 valence electrons. The van der Waals surface area contributed by atoms with Gasteiger partial charge in [0.25, 0.3) is 5.91 Å². The molecular weight excluding hydrogens is 730 g/mol. The molecule has 5 rings (SSSR count). The number of alkyl halides is 1. The van der Waals surface area contributed by atoms with Gasteiger partial charge in [0.1, 0.15) is 17.8 Å². The van der Waals surface area contributed by atoms with E-state index in [0.29, 0.717) is 28.9 Å². The largest absolute Gasteiger partial charge is 0.508 e. The molecule has 0 saturated heterocycles. The summed E-state index contributed by atoms with van der Waals surface area (Å²) in [5, 5.41) is 29.0. The summed E-state index contributed by atoms with van der Waals surface area (Å²) in [7, 11) is 0. The number of phenols is 1. The molecule has 1 heterocycles. The van der Waals surface area contributed by atoms with Crippen molar-refractivity contribution in [2.75, 3.05) is 10.6 Å². The second-order valence-electron chi connectivity index (χ2n) is 12.6. The Labute approximate surface area is 309 Å². The normalized spacial score (nSPS) is 15.3. The molecule has 12 nitrogen and oxygen atoms in total. The van der Waals surface area contributed by atoms with E-state index in [1.54, 1.807) is 66.7 Å². The lowest BCUT2D eigenvalue weighted by Gasteiger charge is -2.35. The molecule has 0 fully saturated rings. The predicted octanol–water partition coefficient (Wildman–Crippen LogP) is 3.09. The number of fused-ring (bicyclic) bond motifs is 1. The first-order chi connectivity index (χ1) is 25.0. The summed E-state index contributed by atoms with van der Waals surface area (Å²) in [6, 6.07) is 24.1. The van der Waals surface area contributed by atoms with Gasteiger partial charge in [0, 0.05) is 25.1 Å². The summed E-state index contributed by atoms with van der Waals surface area (Å²) in [6.07, 6.45) is 0.0298. The minimum atomic E-state index is -1.65. The lowest BCUT2D eigenvalue weighted by Crippen LogP contribution is -2.62. The Morgan fingerprint density at radius 3 is 2.06 bits per heavy atom. The van der Waals surface area contributed by atoms with Crippen molar-refractivity contribution in [1.82, 2.24) is 15.5 Å². The molecule has 0 bridgehead atoms. The van der Waals surface area contributed by atoms with E-state index in [1.165, 1.54) is 12.1 Å². The van der Waals surface area contributed by atoms with Crippen LogP contribution in [0.15, 0.2) is 103 Å². The molecule has 4 aromatic rings. The van der Waals surface area contributed by atoms with Crippen LogP contribution in [-0.2, 0) is 56.2 Å². The molecule has 4 aromatic carbocycles. The molecule has 0 saturated carbocycles. The number of aromatic hydroxyl groups is 1. The molecule has 4 atom stereocenters. The van der Waals surface area contributed by atoms with Crippen molar-refractivity contribution in [3.63, 3.8) is 0 Å². The van der Waals surface area contributed by atoms with Crippen LogP contribution in [0, 0.1) is 0 Å². The zero-order valence-corrected chi connectivity index (χ0v) is 29.8. The Balaban J connectivity index is 1.48. The first-order valence-corrected chi connectivity index (χ1v) is 17.9. The molecule has 13 heteroatoms. The summed E-state index contributed by atoms with van der Waals surface area (Å²) < 4.78 is 0. The van der Waals surface area contributed by atoms with Gasteiger partial charge in [0.2, 0.25) is 17.7 Å². The highest BCUT2D eigenvalue weighted by atomic mass is 79.9. The average Bonchev–Trinajstić information content (AvgIpc) is 3.15. The minimum absolute atomic E-state index is 0.0453. The summed E-state index contributed by atoms with van der Waals surface area (Å²) >= 11 is 3.10. The minimum Gasteiger partial charge on any atom is -0.508 e. The van der Waals surface area contributed by atoms with Crippen LogP contribution in [-0.4, -0.2) is 74.2 Å². The molecule has 1 aliphatic heterocycles. The highest BCUT2D eigenvalue weighted by Crippen LogP contribution is 2.22. The highest BCUT2D eigenvalue weighted by Gasteiger charge is 2.42. The summed E-state index contributed by atoms with van der Waals surface area (Å²) in [6.45, 7) is 0.338. The van der Waals surface area contributed by atoms with Crippen LogP contribution in [0.25, 0.3) is 0 Å². The molecule has 1 unspecified atom stereocenters. The maximum Gasteiger partial charge on any atom is 0.327 e. The van der Waals surface area contributed by atoms with Crippen molar-refractivity contribution in [3.05, 3.63) is 131 Å². The number of nitrogens with zero attached hydrogens (tertiary/aromatic N) is 1. The second-order valence-corrected chi connectivity index (χ2v) is 13.2. The maximum atomic E-state index is 14.8. The van der Waals surface area contributed by atoms with Gasteiger partial charge in [-0.2, -0.15) is 0 Å². The Hall–Kier alpha value is -5.37. The van der Waals surface area contributed by atoms with E-state index in [0.717, 1.165) is 16.0 Å². The van der Waals surface area contributed by atoms with Crippen LogP contribution in [0.1, 0.15) is 27.8 Å². The Bertz CT molecular complexity index is 1890. The summed E-state index contributed by atoms with van der Waals surface area (Å²) in [5.74, 6) is -3.94. The van der Waals surface area contributed by atoms with Gasteiger partial charge in [0.15, 0.2) is 0 Å². The fourth-order valence-electron chi connectivity index (χ4n) is 6.12. The lowest BCUT2D eigenvalue weighted by molar-refractivity contribution is -0.160. The van der Waals surface area contributed by atoms with Crippen molar-refractivity contribution < 1.29 is 34.2 Å². The van der Waals surface area contributed by atoms with Gasteiger partial charge in [-0.15, -0.1) is 0 Å². The number of carboxylic acid groups (broad SMARTS) is 1. The number of benzene rings is 4. The van der Waals surface area contributed by atoms with E-state index in [-0.39, 0.29) is 42.7 Å². The van der Waals surface area contributed by atoms with Crippen LogP contribution < -0.4 is 21.7 Å². The van der Waals surface area contributed by atoms with Crippen molar-refractivity contribution >= 4 is 51.2 Å². The van der Waals surface area contributed by atoms with E-state index >= 15 is 0 Å². The standard InChI is InChI=1S/C39H40BrN5O7/c40-22-35(47)43-29-14-10-26(11-15-29)20-34(39(51)52)45(37(49)32-21-27-8-4-5-9-28(27)23-42-32)38(50)33(19-24-6-2-1-3-7-24)44-36(48)31(41)18-25-12-16-30(46)17-13-25/h1-17,31-34,42,46H,18-23,41H2,(H,43,47)(H,44,48)(H,51,52)/t31-,32?,33-,34-/m0/s1. The van der Waals surface area contributed by atoms with Crippen molar-refractivity contribution in [1.29, 1.82) is 0 Å². The number of carbonyl (C=O) groups is 5. The maximum absolute atomic E-state index is 14.8. The van der Waals surface area contributed by atoms with E-state index in [4.69, 9.17) is 5.73 Å². The van der Waals surface area contributed by atoms with Crippen LogP contribution in [0.5, 0.6) is 5.75 Å². The fourth-order valence-corrected chi connectivity index (χ4v) is 6.26. The predicted molar refractivity (Wildman–Crippen MR) is 198 cm³/mol. The average molecular weight is 771 g/mol. The number of phenolic OH excluding ortho intramolecular Hbond substituents is 1. The number of hydrogen-bond acceptors (Lipinski definition) is 8. The molecular formula is C39H40BrN5O7. The number of carboxylic acids is 1. The number of anilines is 1. The third kappa shape index (κ3) is 9.90. The molecule has 0 radical (unpaired) electrons. The molecule has 4 amide bonds. The monoisotopic (exact) mass is 769 g/mol. The van der Waals surface area contributed by atoms with Gasteiger partial charge in [-0.25, -0.2) is 4.79 Å². The Morgan fingerprint density at radius 2 is 1.40 bits per heavy atom. The van der Waals surface area contributed by atoms with E-state index in [9.17, 15) is 34.2 Å². The number of nitrogens with two attached hydrogens (primary N) is 1. The number of hydrogen-bond donors (Lipinski definition) is 6. The van der Waals surface area contributed by atoms with Crippen LogP contribution in [0.4, 0.5) is 5.69 Å². The van der Waals surface area contributed by atoms with Crippen LogP contribution in [0.2, 0.25) is 0 Å². The van der Waals surface area contributed by atoms with E-state index in [1.807, 2.05) is 24.3 Å². The number of imide groups is 1. The zero-order chi connectivity index (χ0) is 37.2. The third-order valence-corrected chi connectivity index (χ3v) is 9.37. The molecule has 1 aliphatic rings. The Morgan fingerprint density at radius 1 is 0.808 bits per heavy atom. The smallest absolute Gasteiger partial charge is 0.327 e. The van der Waals surface area contributed by atoms with Gasteiger partial charge in [-0.05, 0) is 64.9 Å². The first-order valence-electron chi connectivity index (χ1n) is 16.7. The topological polar surface area (TPSA) is 191 Å². The van der Waals surface area contributed by atoms with Gasteiger partial charge in [-0.1, -0.05) is 94.8 Å². The van der Waals surface area contributed by atoms with Crippen LogP contribution in [0.3, 0.4) is 0 Å². The number of amides is 4. The summed E-state index contributed by atoms with van der Waals surface area (Å²) in [4.78, 5) is 68.5. The van der Waals surface area contributed by atoms with E-state index < -0.39 is 47.9 Å². The molecule has 0 aromatic heterocycles. The number of aliphatic carboxylic acids is 1. The van der Waals surface area contributed by atoms with Gasteiger partial charge < -0.3 is 31.9 Å². The lowest BCUT2D eigenvalue weighted by atomic mass is 9.93. The van der Waals surface area contributed by atoms with Crippen molar-refractivity contribution in [3.8, 4) is 5.75 Å². The number of nitrogens with one attached hydrogen (secondary N) is 3. The number of halogens is 1. The molecule has 7 N–H and O–H groups in total. The molecule has 0 spiro atoms. The van der Waals surface area contributed by atoms with Gasteiger partial charge >= 0.3 is 5.97 Å². The number of carbonyl (C=O) groups excluding carboxylic acids is 4. The van der Waals surface area contributed by atoms with Crippen molar-refractivity contribution in [2.24, 2.45) is 5.73 Å². The second kappa shape index (κ2) is 17.7.